The molecule has 0 saturated carbocycles. The predicted molar refractivity (Wildman–Crippen MR) is 63.9 cm³/mol. The highest BCUT2D eigenvalue weighted by atomic mass is 19.2. The van der Waals surface area contributed by atoms with E-state index >= 15 is 0 Å². The Kier molecular flexibility index (Phi) is 3.91. The maximum Gasteiger partial charge on any atom is 0.240 e. The first-order chi connectivity index (χ1) is 8.61. The van der Waals surface area contributed by atoms with Crippen LogP contribution in [0.3, 0.4) is 0 Å². The van der Waals surface area contributed by atoms with Gasteiger partial charge in [-0.2, -0.15) is 0 Å². The van der Waals surface area contributed by atoms with E-state index in [1.807, 2.05) is 6.92 Å². The Bertz CT molecular complexity index is 451. The van der Waals surface area contributed by atoms with Gasteiger partial charge in [0.1, 0.15) is 0 Å². The second kappa shape index (κ2) is 5.44. The highest BCUT2D eigenvalue weighted by Crippen LogP contribution is 2.16. The van der Waals surface area contributed by atoms with Crippen molar-refractivity contribution >= 4 is 5.91 Å². The standard InChI is InChI=1S/C13H16F2N2O/c1-2-16-12-5-6-17(13(12)18)8-9-3-4-10(14)11(15)7-9/h3-4,7,12,16H,2,5-6,8H2,1H3. The zero-order chi connectivity index (χ0) is 13.1. The third-order valence-corrected chi connectivity index (χ3v) is 3.11. The lowest BCUT2D eigenvalue weighted by molar-refractivity contribution is -0.129. The normalized spacial score (nSPS) is 19.6. The van der Waals surface area contributed by atoms with Crippen molar-refractivity contribution in [3.05, 3.63) is 35.4 Å². The van der Waals surface area contributed by atoms with Crippen molar-refractivity contribution in [3.63, 3.8) is 0 Å². The monoisotopic (exact) mass is 254 g/mol. The number of hydrogen-bond donors (Lipinski definition) is 1. The lowest BCUT2D eigenvalue weighted by Crippen LogP contribution is -2.37. The van der Waals surface area contributed by atoms with Crippen molar-refractivity contribution in [1.82, 2.24) is 10.2 Å². The van der Waals surface area contributed by atoms with Gasteiger partial charge in [-0.25, -0.2) is 8.78 Å². The van der Waals surface area contributed by atoms with Crippen molar-refractivity contribution in [2.24, 2.45) is 0 Å². The molecule has 1 fully saturated rings. The average Bonchev–Trinajstić information content (AvgIpc) is 2.67. The fraction of sp³-hybridized carbons (Fsp3) is 0.462. The third kappa shape index (κ3) is 2.67. The van der Waals surface area contributed by atoms with Gasteiger partial charge < -0.3 is 10.2 Å². The van der Waals surface area contributed by atoms with Crippen LogP contribution in [0, 0.1) is 11.6 Å². The minimum atomic E-state index is -0.873. The van der Waals surface area contributed by atoms with Crippen LogP contribution in [0.1, 0.15) is 18.9 Å². The Balaban J connectivity index is 2.02. The highest BCUT2D eigenvalue weighted by Gasteiger charge is 2.30. The topological polar surface area (TPSA) is 32.3 Å². The van der Waals surface area contributed by atoms with Crippen LogP contribution >= 0.6 is 0 Å². The number of hydrogen-bond acceptors (Lipinski definition) is 2. The van der Waals surface area contributed by atoms with E-state index in [1.165, 1.54) is 6.07 Å². The maximum absolute atomic E-state index is 13.1. The summed E-state index contributed by atoms with van der Waals surface area (Å²) in [6.07, 6.45) is 0.760. The molecule has 1 heterocycles. The molecule has 1 atom stereocenters. The summed E-state index contributed by atoms with van der Waals surface area (Å²) >= 11 is 0. The molecule has 0 bridgehead atoms. The summed E-state index contributed by atoms with van der Waals surface area (Å²) in [4.78, 5) is 13.6. The second-order valence-corrected chi connectivity index (χ2v) is 4.41. The molecule has 1 aromatic rings. The molecule has 18 heavy (non-hydrogen) atoms. The lowest BCUT2D eigenvalue weighted by Gasteiger charge is -2.17. The second-order valence-electron chi connectivity index (χ2n) is 4.41. The van der Waals surface area contributed by atoms with Crippen LogP contribution in [0.2, 0.25) is 0 Å². The van der Waals surface area contributed by atoms with Crippen LogP contribution in [0.4, 0.5) is 8.78 Å². The van der Waals surface area contributed by atoms with Gasteiger partial charge in [0.15, 0.2) is 11.6 Å². The number of halogens is 2. The van der Waals surface area contributed by atoms with Crippen molar-refractivity contribution in [2.45, 2.75) is 25.9 Å². The molecule has 1 aromatic carbocycles. The van der Waals surface area contributed by atoms with Gasteiger partial charge in [0.2, 0.25) is 5.91 Å². The van der Waals surface area contributed by atoms with Crippen molar-refractivity contribution < 1.29 is 13.6 Å². The van der Waals surface area contributed by atoms with E-state index in [9.17, 15) is 13.6 Å². The summed E-state index contributed by atoms with van der Waals surface area (Å²) < 4.78 is 25.8. The largest absolute Gasteiger partial charge is 0.337 e. The Labute approximate surface area is 105 Å². The van der Waals surface area contributed by atoms with Crippen LogP contribution in [0.25, 0.3) is 0 Å². The average molecular weight is 254 g/mol. The van der Waals surface area contributed by atoms with E-state index < -0.39 is 11.6 Å². The van der Waals surface area contributed by atoms with E-state index in [2.05, 4.69) is 5.32 Å². The molecule has 0 aliphatic carbocycles. The zero-order valence-corrected chi connectivity index (χ0v) is 10.2. The molecule has 1 aliphatic rings. The first-order valence-corrected chi connectivity index (χ1v) is 6.08. The molecule has 5 heteroatoms. The van der Waals surface area contributed by atoms with Gasteiger partial charge in [0.25, 0.3) is 0 Å². The van der Waals surface area contributed by atoms with Crippen LogP contribution in [-0.4, -0.2) is 29.9 Å². The Hall–Kier alpha value is -1.49. The maximum atomic E-state index is 13.1. The fourth-order valence-electron chi connectivity index (χ4n) is 2.19. The zero-order valence-electron chi connectivity index (χ0n) is 10.2. The summed E-state index contributed by atoms with van der Waals surface area (Å²) in [6, 6.07) is 3.60. The van der Waals surface area contributed by atoms with Gasteiger partial charge in [0, 0.05) is 13.1 Å². The molecule has 2 rings (SSSR count). The predicted octanol–water partition coefficient (Wildman–Crippen LogP) is 1.68. The Morgan fingerprint density at radius 2 is 2.17 bits per heavy atom. The van der Waals surface area contributed by atoms with Crippen molar-refractivity contribution in [2.75, 3.05) is 13.1 Å². The van der Waals surface area contributed by atoms with E-state index in [0.29, 0.717) is 18.7 Å². The molecule has 1 aliphatic heterocycles. The quantitative estimate of drug-likeness (QED) is 0.886. The third-order valence-electron chi connectivity index (χ3n) is 3.11. The molecular formula is C13H16F2N2O. The molecule has 3 nitrogen and oxygen atoms in total. The number of carbonyl (C=O) groups excluding carboxylic acids is 1. The number of likely N-dealkylation sites (N-methyl/N-ethyl adjacent to an activating group) is 1. The summed E-state index contributed by atoms with van der Waals surface area (Å²) in [7, 11) is 0. The highest BCUT2D eigenvalue weighted by molar-refractivity contribution is 5.83. The van der Waals surface area contributed by atoms with E-state index in [4.69, 9.17) is 0 Å². The van der Waals surface area contributed by atoms with Crippen LogP contribution in [-0.2, 0) is 11.3 Å². The van der Waals surface area contributed by atoms with Crippen molar-refractivity contribution in [3.8, 4) is 0 Å². The Morgan fingerprint density at radius 1 is 1.39 bits per heavy atom. The van der Waals surface area contributed by atoms with E-state index in [-0.39, 0.29) is 11.9 Å². The Morgan fingerprint density at radius 3 is 2.83 bits per heavy atom. The first-order valence-electron chi connectivity index (χ1n) is 6.08. The van der Waals surface area contributed by atoms with E-state index in [1.54, 1.807) is 4.90 Å². The first kappa shape index (κ1) is 13.0. The molecule has 0 spiro atoms. The summed E-state index contributed by atoms with van der Waals surface area (Å²) in [5.74, 6) is -1.71. The molecular weight excluding hydrogens is 238 g/mol. The van der Waals surface area contributed by atoms with Gasteiger partial charge in [-0.15, -0.1) is 0 Å². The number of nitrogens with one attached hydrogen (secondary N) is 1. The molecule has 1 amide bonds. The number of carbonyl (C=O) groups is 1. The van der Waals surface area contributed by atoms with Gasteiger partial charge in [-0.3, -0.25) is 4.79 Å². The van der Waals surface area contributed by atoms with Crippen LogP contribution < -0.4 is 5.32 Å². The molecule has 1 saturated heterocycles. The molecule has 1 unspecified atom stereocenters. The van der Waals surface area contributed by atoms with Gasteiger partial charge >= 0.3 is 0 Å². The van der Waals surface area contributed by atoms with Gasteiger partial charge in [-0.05, 0) is 30.7 Å². The number of benzene rings is 1. The lowest BCUT2D eigenvalue weighted by atomic mass is 10.2. The SMILES string of the molecule is CCNC1CCN(Cc2ccc(F)c(F)c2)C1=O. The van der Waals surface area contributed by atoms with E-state index in [0.717, 1.165) is 25.1 Å². The number of amides is 1. The minimum absolute atomic E-state index is 0.0292. The van der Waals surface area contributed by atoms with Crippen LogP contribution in [0.15, 0.2) is 18.2 Å². The van der Waals surface area contributed by atoms with Crippen molar-refractivity contribution in [1.29, 1.82) is 0 Å². The molecule has 98 valence electrons. The summed E-state index contributed by atoms with van der Waals surface area (Å²) in [5.41, 5.74) is 0.611. The smallest absolute Gasteiger partial charge is 0.240 e. The van der Waals surface area contributed by atoms with Gasteiger partial charge in [0.05, 0.1) is 6.04 Å². The molecule has 0 aromatic heterocycles. The van der Waals surface area contributed by atoms with Gasteiger partial charge in [-0.1, -0.05) is 13.0 Å². The van der Waals surface area contributed by atoms with Crippen LogP contribution in [0.5, 0.6) is 0 Å². The number of rotatable bonds is 4. The number of likely N-dealkylation sites (tertiary alicyclic amines) is 1. The number of nitrogens with zero attached hydrogens (tertiary/aromatic N) is 1. The summed E-state index contributed by atoms with van der Waals surface area (Å²) in [6.45, 7) is 3.67. The molecule has 1 N–H and O–H groups in total. The fourth-order valence-corrected chi connectivity index (χ4v) is 2.19. The molecule has 0 radical (unpaired) electrons. The summed E-state index contributed by atoms with van der Waals surface area (Å²) in [5, 5.41) is 3.11. The minimum Gasteiger partial charge on any atom is -0.337 e.